The molecule has 1 spiro atoms. The molecule has 2 aromatic carbocycles. The van der Waals surface area contributed by atoms with Gasteiger partial charge < -0.3 is 24.0 Å². The molecule has 0 saturated carbocycles. The largest absolute Gasteiger partial charge is 0.491 e. The number of fused-ring (bicyclic) bond motifs is 1. The Labute approximate surface area is 195 Å². The average molecular weight is 453 g/mol. The molecule has 2 aromatic rings. The predicted molar refractivity (Wildman–Crippen MR) is 124 cm³/mol. The van der Waals surface area contributed by atoms with Gasteiger partial charge in [-0.15, -0.1) is 0 Å². The highest BCUT2D eigenvalue weighted by molar-refractivity contribution is 5.87. The van der Waals surface area contributed by atoms with E-state index in [-0.39, 0.29) is 25.0 Å². The number of carbonyl (C=O) groups excluding carboxylic acids is 2. The molecule has 1 atom stereocenters. The van der Waals surface area contributed by atoms with Crippen LogP contribution < -0.4 is 9.47 Å². The molecule has 0 aliphatic carbocycles. The van der Waals surface area contributed by atoms with Gasteiger partial charge in [0.05, 0.1) is 19.7 Å². The van der Waals surface area contributed by atoms with E-state index in [1.807, 2.05) is 48.5 Å². The zero-order chi connectivity index (χ0) is 23.1. The smallest absolute Gasteiger partial charge is 0.260 e. The van der Waals surface area contributed by atoms with Gasteiger partial charge in [0.2, 0.25) is 0 Å². The molecule has 4 rings (SSSR count). The van der Waals surface area contributed by atoms with Crippen LogP contribution in [-0.4, -0.2) is 73.7 Å². The number of amides is 2. The van der Waals surface area contributed by atoms with Crippen molar-refractivity contribution >= 4 is 11.8 Å². The summed E-state index contributed by atoms with van der Waals surface area (Å²) in [5.74, 6) is 1.30. The molecule has 0 aromatic heterocycles. The lowest BCUT2D eigenvalue weighted by atomic mass is 9.91. The summed E-state index contributed by atoms with van der Waals surface area (Å²) in [6, 6.07) is 17.3. The van der Waals surface area contributed by atoms with Crippen molar-refractivity contribution in [3.05, 3.63) is 60.2 Å². The van der Waals surface area contributed by atoms with E-state index in [1.54, 1.807) is 16.8 Å². The van der Waals surface area contributed by atoms with Gasteiger partial charge in [-0.1, -0.05) is 36.4 Å². The zero-order valence-corrected chi connectivity index (χ0v) is 19.2. The molecule has 1 saturated heterocycles. The highest BCUT2D eigenvalue weighted by atomic mass is 16.5. The van der Waals surface area contributed by atoms with E-state index >= 15 is 0 Å². The minimum absolute atomic E-state index is 0.0608. The number of carbonyl (C=O) groups is 2. The molecule has 2 aliphatic heterocycles. The summed E-state index contributed by atoms with van der Waals surface area (Å²) >= 11 is 0. The van der Waals surface area contributed by atoms with Crippen LogP contribution in [0.15, 0.2) is 54.6 Å². The van der Waals surface area contributed by atoms with E-state index in [0.29, 0.717) is 38.5 Å². The quantitative estimate of drug-likeness (QED) is 0.716. The summed E-state index contributed by atoms with van der Waals surface area (Å²) in [4.78, 5) is 29.8. The molecule has 7 nitrogen and oxygen atoms in total. The van der Waals surface area contributed by atoms with Gasteiger partial charge in [0.1, 0.15) is 18.1 Å². The Morgan fingerprint density at radius 2 is 1.82 bits per heavy atom. The van der Waals surface area contributed by atoms with Crippen LogP contribution in [0.1, 0.15) is 24.8 Å². The summed E-state index contributed by atoms with van der Waals surface area (Å²) in [6.45, 7) is 1.81. The van der Waals surface area contributed by atoms with Gasteiger partial charge in [-0.2, -0.15) is 0 Å². The predicted octanol–water partition coefficient (Wildman–Crippen LogP) is 2.93. The van der Waals surface area contributed by atoms with Gasteiger partial charge in [-0.3, -0.25) is 9.59 Å². The number of benzene rings is 2. The lowest BCUT2D eigenvalue weighted by Gasteiger charge is -2.43. The number of likely N-dealkylation sites (N-methyl/N-ethyl adjacent to an activating group) is 1. The Kier molecular flexibility index (Phi) is 7.50. The number of ether oxygens (including phenoxy) is 3. The van der Waals surface area contributed by atoms with Gasteiger partial charge in [0.15, 0.2) is 12.2 Å². The van der Waals surface area contributed by atoms with Crippen molar-refractivity contribution in [1.82, 2.24) is 9.80 Å². The second-order valence-corrected chi connectivity index (χ2v) is 8.65. The molecule has 1 unspecified atom stereocenters. The molecule has 7 heteroatoms. The maximum Gasteiger partial charge on any atom is 0.260 e. The molecular formula is C26H32N2O5. The van der Waals surface area contributed by atoms with Crippen LogP contribution in [0.5, 0.6) is 11.5 Å². The Morgan fingerprint density at radius 3 is 2.67 bits per heavy atom. The molecule has 2 heterocycles. The molecule has 2 aliphatic rings. The fraction of sp³-hybridized carbons (Fsp3) is 0.462. The molecule has 33 heavy (non-hydrogen) atoms. The normalized spacial score (nSPS) is 22.0. The lowest BCUT2D eigenvalue weighted by Crippen LogP contribution is -2.61. The number of rotatable bonds is 3. The van der Waals surface area contributed by atoms with Crippen LogP contribution in [0.2, 0.25) is 0 Å². The van der Waals surface area contributed by atoms with Crippen LogP contribution in [0.25, 0.3) is 0 Å². The summed E-state index contributed by atoms with van der Waals surface area (Å²) in [5.41, 5.74) is 0.147. The van der Waals surface area contributed by atoms with Crippen LogP contribution >= 0.6 is 0 Å². The third-order valence-corrected chi connectivity index (χ3v) is 6.31. The van der Waals surface area contributed by atoms with E-state index in [0.717, 1.165) is 25.0 Å². The van der Waals surface area contributed by atoms with Gasteiger partial charge in [0.25, 0.3) is 11.8 Å². The van der Waals surface area contributed by atoms with Crippen molar-refractivity contribution in [3.8, 4) is 11.5 Å². The number of hydrogen-bond acceptors (Lipinski definition) is 5. The van der Waals surface area contributed by atoms with Gasteiger partial charge in [-0.25, -0.2) is 0 Å². The Morgan fingerprint density at radius 1 is 1.03 bits per heavy atom. The molecule has 0 N–H and O–H groups in total. The second-order valence-electron chi connectivity index (χ2n) is 8.65. The van der Waals surface area contributed by atoms with Crippen molar-refractivity contribution in [1.29, 1.82) is 0 Å². The molecule has 0 radical (unpaired) electrons. The monoisotopic (exact) mass is 452 g/mol. The van der Waals surface area contributed by atoms with Crippen molar-refractivity contribution < 1.29 is 23.8 Å². The number of aryl methyl sites for hydroxylation is 1. The molecular weight excluding hydrogens is 420 g/mol. The first kappa shape index (κ1) is 23.1. The highest BCUT2D eigenvalue weighted by Gasteiger charge is 2.46. The minimum Gasteiger partial charge on any atom is -0.491 e. The summed E-state index contributed by atoms with van der Waals surface area (Å²) in [6.07, 6.45) is 3.18. The summed E-state index contributed by atoms with van der Waals surface area (Å²) in [7, 11) is 1.77. The Bertz CT molecular complexity index is 951. The van der Waals surface area contributed by atoms with Crippen LogP contribution in [0.4, 0.5) is 0 Å². The number of nitrogens with zero attached hydrogens (tertiary/aromatic N) is 2. The Hall–Kier alpha value is -3.06. The maximum absolute atomic E-state index is 13.5. The lowest BCUT2D eigenvalue weighted by molar-refractivity contribution is -0.176. The third kappa shape index (κ3) is 5.66. The maximum atomic E-state index is 13.5. The van der Waals surface area contributed by atoms with Crippen molar-refractivity contribution in [2.75, 3.05) is 46.5 Å². The van der Waals surface area contributed by atoms with Gasteiger partial charge in [0, 0.05) is 13.6 Å². The van der Waals surface area contributed by atoms with E-state index in [4.69, 9.17) is 14.2 Å². The van der Waals surface area contributed by atoms with Crippen molar-refractivity contribution in [2.24, 2.45) is 0 Å². The molecule has 176 valence electrons. The standard InChI is InChI=1S/C26H32N2O5/c1-27-15-17-31-23-13-6-5-9-21(23)10-7-8-14-26(25(27)30)20-28(16-18-33-26)24(29)19-32-22-11-3-2-4-12-22/h2-6,9,11-13H,7-8,10,14-20H2,1H3. The average Bonchev–Trinajstić information content (AvgIpc) is 2.85. The fourth-order valence-electron chi connectivity index (χ4n) is 4.46. The van der Waals surface area contributed by atoms with Crippen molar-refractivity contribution in [2.45, 2.75) is 31.3 Å². The number of para-hydroxylation sites is 2. The first-order chi connectivity index (χ1) is 16.1. The summed E-state index contributed by atoms with van der Waals surface area (Å²) < 4.78 is 17.8. The SMILES string of the molecule is CN1CCOc2ccccc2CCCCC2(CN(C(=O)COc3ccccc3)CCO2)C1=O. The van der Waals surface area contributed by atoms with Gasteiger partial charge >= 0.3 is 0 Å². The van der Waals surface area contributed by atoms with Crippen LogP contribution in [0, 0.1) is 0 Å². The zero-order valence-electron chi connectivity index (χ0n) is 19.2. The fourth-order valence-corrected chi connectivity index (χ4v) is 4.46. The molecule has 1 fully saturated rings. The van der Waals surface area contributed by atoms with E-state index in [9.17, 15) is 9.59 Å². The highest BCUT2D eigenvalue weighted by Crippen LogP contribution is 2.29. The van der Waals surface area contributed by atoms with E-state index in [1.165, 1.54) is 5.56 Å². The summed E-state index contributed by atoms with van der Waals surface area (Å²) in [5, 5.41) is 0. The van der Waals surface area contributed by atoms with Gasteiger partial charge in [-0.05, 0) is 49.4 Å². The van der Waals surface area contributed by atoms with Crippen LogP contribution in [0.3, 0.4) is 0 Å². The first-order valence-electron chi connectivity index (χ1n) is 11.6. The third-order valence-electron chi connectivity index (χ3n) is 6.31. The van der Waals surface area contributed by atoms with Crippen molar-refractivity contribution in [3.63, 3.8) is 0 Å². The topological polar surface area (TPSA) is 68.3 Å². The first-order valence-corrected chi connectivity index (χ1v) is 11.6. The Balaban J connectivity index is 1.45. The van der Waals surface area contributed by atoms with E-state index < -0.39 is 5.60 Å². The number of hydrogen-bond donors (Lipinski definition) is 0. The molecule has 2 amide bonds. The molecule has 0 bridgehead atoms. The van der Waals surface area contributed by atoms with Crippen LogP contribution in [-0.2, 0) is 20.7 Å². The second kappa shape index (κ2) is 10.7. The minimum atomic E-state index is -1.03. The number of morpholine rings is 1. The van der Waals surface area contributed by atoms with E-state index in [2.05, 4.69) is 6.07 Å².